The highest BCUT2D eigenvalue weighted by Crippen LogP contribution is 2.40. The summed E-state index contributed by atoms with van der Waals surface area (Å²) in [6.45, 7) is 4.86. The average Bonchev–Trinajstić information content (AvgIpc) is 2.91. The van der Waals surface area contributed by atoms with Gasteiger partial charge in [-0.3, -0.25) is 10.1 Å². The standard InChI is InChI=1S/C15H18N2O3S/c1-3-16(10-12-7-5-4-6-8-12)15-13(17(19)20)9-14(21-15)11(2)18/h4-9,11,18H,3,10H2,1-2H3. The molecule has 0 amide bonds. The quantitative estimate of drug-likeness (QED) is 0.652. The van der Waals surface area contributed by atoms with Crippen LogP contribution in [0.25, 0.3) is 0 Å². The second-order valence-corrected chi connectivity index (χ2v) is 5.83. The Morgan fingerprint density at radius 2 is 2.05 bits per heavy atom. The highest BCUT2D eigenvalue weighted by atomic mass is 32.1. The minimum Gasteiger partial charge on any atom is -0.388 e. The molecule has 0 aliphatic carbocycles. The molecule has 0 fully saturated rings. The van der Waals surface area contributed by atoms with E-state index in [1.807, 2.05) is 42.2 Å². The topological polar surface area (TPSA) is 66.6 Å². The van der Waals surface area contributed by atoms with Crippen molar-refractivity contribution in [3.05, 3.63) is 57.0 Å². The summed E-state index contributed by atoms with van der Waals surface area (Å²) in [6.07, 6.45) is -0.696. The highest BCUT2D eigenvalue weighted by Gasteiger charge is 2.24. The molecule has 0 saturated carbocycles. The lowest BCUT2D eigenvalue weighted by molar-refractivity contribution is -0.383. The molecule has 0 aliphatic heterocycles. The van der Waals surface area contributed by atoms with Crippen LogP contribution in [0, 0.1) is 10.1 Å². The number of aliphatic hydroxyl groups excluding tert-OH is 1. The van der Waals surface area contributed by atoms with E-state index in [0.29, 0.717) is 23.0 Å². The summed E-state index contributed by atoms with van der Waals surface area (Å²) < 4.78 is 0. The van der Waals surface area contributed by atoms with E-state index in [1.165, 1.54) is 17.4 Å². The van der Waals surface area contributed by atoms with Gasteiger partial charge in [0.1, 0.15) is 0 Å². The fraction of sp³-hybridized carbons (Fsp3) is 0.333. The summed E-state index contributed by atoms with van der Waals surface area (Å²) in [4.78, 5) is 13.4. The van der Waals surface area contributed by atoms with Gasteiger partial charge in [0.05, 0.1) is 11.0 Å². The summed E-state index contributed by atoms with van der Waals surface area (Å²) >= 11 is 1.28. The molecule has 1 aromatic heterocycles. The van der Waals surface area contributed by atoms with Crippen molar-refractivity contribution in [3.63, 3.8) is 0 Å². The van der Waals surface area contributed by atoms with Crippen LogP contribution >= 0.6 is 11.3 Å². The predicted octanol–water partition coefficient (Wildman–Crippen LogP) is 3.74. The van der Waals surface area contributed by atoms with Gasteiger partial charge in [-0.25, -0.2) is 0 Å². The smallest absolute Gasteiger partial charge is 0.304 e. The number of aliphatic hydroxyl groups is 1. The van der Waals surface area contributed by atoms with Crippen molar-refractivity contribution in [2.75, 3.05) is 11.4 Å². The molecule has 21 heavy (non-hydrogen) atoms. The molecule has 0 bridgehead atoms. The molecule has 1 aromatic carbocycles. The Bertz CT molecular complexity index is 611. The van der Waals surface area contributed by atoms with Gasteiger partial charge in [-0.1, -0.05) is 30.3 Å². The van der Waals surface area contributed by atoms with Crippen molar-refractivity contribution in [3.8, 4) is 0 Å². The summed E-state index contributed by atoms with van der Waals surface area (Å²) in [5.41, 5.74) is 1.16. The molecular formula is C15H18N2O3S. The Hall–Kier alpha value is -1.92. The third-order valence-electron chi connectivity index (χ3n) is 3.21. The first-order chi connectivity index (χ1) is 10.0. The first-order valence-corrected chi connectivity index (χ1v) is 7.59. The molecule has 1 N–H and O–H groups in total. The number of rotatable bonds is 6. The zero-order valence-electron chi connectivity index (χ0n) is 12.0. The van der Waals surface area contributed by atoms with Crippen molar-refractivity contribution >= 4 is 22.0 Å². The zero-order chi connectivity index (χ0) is 15.4. The van der Waals surface area contributed by atoms with Gasteiger partial charge in [-0.2, -0.15) is 0 Å². The highest BCUT2D eigenvalue weighted by molar-refractivity contribution is 7.16. The van der Waals surface area contributed by atoms with Gasteiger partial charge in [0, 0.05) is 24.0 Å². The van der Waals surface area contributed by atoms with Gasteiger partial charge >= 0.3 is 5.69 Å². The minimum atomic E-state index is -0.696. The number of nitrogens with zero attached hydrogens (tertiary/aromatic N) is 2. The van der Waals surface area contributed by atoms with Gasteiger partial charge in [0.15, 0.2) is 5.00 Å². The van der Waals surface area contributed by atoms with E-state index in [4.69, 9.17) is 0 Å². The van der Waals surface area contributed by atoms with Gasteiger partial charge in [-0.15, -0.1) is 11.3 Å². The Kier molecular flexibility index (Phi) is 4.93. The van der Waals surface area contributed by atoms with Crippen LogP contribution in [0.1, 0.15) is 30.4 Å². The summed E-state index contributed by atoms with van der Waals surface area (Å²) in [7, 11) is 0. The monoisotopic (exact) mass is 306 g/mol. The Balaban J connectivity index is 2.35. The predicted molar refractivity (Wildman–Crippen MR) is 84.8 cm³/mol. The third-order valence-corrected chi connectivity index (χ3v) is 4.56. The van der Waals surface area contributed by atoms with Crippen LogP contribution in [0.3, 0.4) is 0 Å². The van der Waals surface area contributed by atoms with Gasteiger partial charge < -0.3 is 10.0 Å². The fourth-order valence-corrected chi connectivity index (χ4v) is 3.21. The van der Waals surface area contributed by atoms with E-state index >= 15 is 0 Å². The number of benzene rings is 1. The van der Waals surface area contributed by atoms with Crippen molar-refractivity contribution in [1.29, 1.82) is 0 Å². The molecule has 0 radical (unpaired) electrons. The van der Waals surface area contributed by atoms with Crippen molar-refractivity contribution in [1.82, 2.24) is 0 Å². The Morgan fingerprint density at radius 3 is 2.57 bits per heavy atom. The second-order valence-electron chi connectivity index (χ2n) is 4.77. The fourth-order valence-electron chi connectivity index (χ4n) is 2.08. The molecular weight excluding hydrogens is 288 g/mol. The Labute approximate surface area is 127 Å². The van der Waals surface area contributed by atoms with Gasteiger partial charge in [0.25, 0.3) is 0 Å². The van der Waals surface area contributed by atoms with E-state index in [2.05, 4.69) is 0 Å². The van der Waals surface area contributed by atoms with Crippen molar-refractivity contribution in [2.24, 2.45) is 0 Å². The molecule has 1 unspecified atom stereocenters. The Morgan fingerprint density at radius 1 is 1.38 bits per heavy atom. The van der Waals surface area contributed by atoms with Crippen LogP contribution in [-0.2, 0) is 6.54 Å². The molecule has 5 nitrogen and oxygen atoms in total. The molecule has 1 atom stereocenters. The van der Waals surface area contributed by atoms with Crippen LogP contribution in [0.15, 0.2) is 36.4 Å². The summed E-state index contributed by atoms with van der Waals surface area (Å²) in [6, 6.07) is 11.3. The lowest BCUT2D eigenvalue weighted by Gasteiger charge is -2.20. The van der Waals surface area contributed by atoms with Crippen LogP contribution in [0.2, 0.25) is 0 Å². The van der Waals surface area contributed by atoms with E-state index in [0.717, 1.165) is 5.56 Å². The normalized spacial score (nSPS) is 12.1. The average molecular weight is 306 g/mol. The van der Waals surface area contributed by atoms with Crippen LogP contribution in [0.5, 0.6) is 0 Å². The molecule has 0 aliphatic rings. The van der Waals surface area contributed by atoms with Crippen LogP contribution < -0.4 is 4.90 Å². The first kappa shape index (κ1) is 15.5. The molecule has 1 heterocycles. The maximum atomic E-state index is 11.2. The van der Waals surface area contributed by atoms with Crippen LogP contribution in [-0.4, -0.2) is 16.6 Å². The zero-order valence-corrected chi connectivity index (χ0v) is 12.8. The molecule has 2 aromatic rings. The molecule has 2 rings (SSSR count). The van der Waals surface area contributed by atoms with E-state index < -0.39 is 6.10 Å². The largest absolute Gasteiger partial charge is 0.388 e. The SMILES string of the molecule is CCN(Cc1ccccc1)c1sc(C(C)O)cc1[N+](=O)[O-]. The number of hydrogen-bond donors (Lipinski definition) is 1. The number of nitro groups is 1. The third kappa shape index (κ3) is 3.59. The number of thiophene rings is 1. The van der Waals surface area contributed by atoms with Crippen LogP contribution in [0.4, 0.5) is 10.7 Å². The molecule has 112 valence electrons. The number of hydrogen-bond acceptors (Lipinski definition) is 5. The lowest BCUT2D eigenvalue weighted by Crippen LogP contribution is -2.21. The van der Waals surface area contributed by atoms with Gasteiger partial charge in [0.2, 0.25) is 0 Å². The minimum absolute atomic E-state index is 0.0636. The van der Waals surface area contributed by atoms with Crippen molar-refractivity contribution in [2.45, 2.75) is 26.5 Å². The van der Waals surface area contributed by atoms with E-state index in [1.54, 1.807) is 6.92 Å². The van der Waals surface area contributed by atoms with E-state index in [-0.39, 0.29) is 10.6 Å². The van der Waals surface area contributed by atoms with Gasteiger partial charge in [-0.05, 0) is 19.4 Å². The number of anilines is 1. The summed E-state index contributed by atoms with van der Waals surface area (Å²) in [5, 5.41) is 21.5. The molecule has 6 heteroatoms. The van der Waals surface area contributed by atoms with Crippen molar-refractivity contribution < 1.29 is 10.0 Å². The maximum absolute atomic E-state index is 11.2. The lowest BCUT2D eigenvalue weighted by atomic mass is 10.2. The molecule has 0 saturated heterocycles. The molecule has 0 spiro atoms. The second kappa shape index (κ2) is 6.69. The maximum Gasteiger partial charge on any atom is 0.304 e. The first-order valence-electron chi connectivity index (χ1n) is 6.78. The van der Waals surface area contributed by atoms with E-state index in [9.17, 15) is 15.2 Å². The summed E-state index contributed by atoms with van der Waals surface area (Å²) in [5.74, 6) is 0.